The quantitative estimate of drug-likeness (QED) is 0.794. The van der Waals surface area contributed by atoms with Gasteiger partial charge in [-0.25, -0.2) is 0 Å². The van der Waals surface area contributed by atoms with Crippen molar-refractivity contribution in [3.05, 3.63) is 30.3 Å². The zero-order chi connectivity index (χ0) is 13.6. The zero-order valence-corrected chi connectivity index (χ0v) is 11.8. The molecule has 1 aliphatic rings. The van der Waals surface area contributed by atoms with Crippen LogP contribution in [0.15, 0.2) is 30.3 Å². The van der Waals surface area contributed by atoms with Crippen LogP contribution in [-0.4, -0.2) is 30.4 Å². The molecule has 2 N–H and O–H groups in total. The van der Waals surface area contributed by atoms with Gasteiger partial charge in [0.1, 0.15) is 5.75 Å². The third kappa shape index (κ3) is 3.48. The summed E-state index contributed by atoms with van der Waals surface area (Å²) < 4.78 is 5.77. The lowest BCUT2D eigenvalue weighted by Crippen LogP contribution is -2.51. The van der Waals surface area contributed by atoms with Gasteiger partial charge in [0.2, 0.25) is 0 Å². The fraction of sp³-hybridized carbons (Fsp3) is 0.625. The Hall–Kier alpha value is -1.06. The molecule has 1 fully saturated rings. The van der Waals surface area contributed by atoms with Crippen LogP contribution in [0.3, 0.4) is 0 Å². The predicted octanol–water partition coefficient (Wildman–Crippen LogP) is 2.60. The Morgan fingerprint density at radius 2 is 2.16 bits per heavy atom. The molecule has 1 aliphatic carbocycles. The normalized spacial score (nSPS) is 26.5. The lowest BCUT2D eigenvalue weighted by atomic mass is 9.85. The summed E-state index contributed by atoms with van der Waals surface area (Å²) in [6.45, 7) is 3.97. The van der Waals surface area contributed by atoms with E-state index in [1.165, 1.54) is 12.8 Å². The Morgan fingerprint density at radius 1 is 1.37 bits per heavy atom. The van der Waals surface area contributed by atoms with Gasteiger partial charge in [-0.1, -0.05) is 31.5 Å². The number of benzene rings is 1. The van der Waals surface area contributed by atoms with E-state index in [1.54, 1.807) is 0 Å². The molecule has 0 amide bonds. The summed E-state index contributed by atoms with van der Waals surface area (Å²) in [6.07, 6.45) is 4.46. The Balaban J connectivity index is 1.84. The maximum absolute atomic E-state index is 9.73. The third-order valence-corrected chi connectivity index (χ3v) is 4.25. The second-order valence-electron chi connectivity index (χ2n) is 5.38. The molecule has 0 bridgehead atoms. The number of hydrogen-bond donors (Lipinski definition) is 2. The Labute approximate surface area is 116 Å². The second kappa shape index (κ2) is 6.92. The summed E-state index contributed by atoms with van der Waals surface area (Å²) in [6, 6.07) is 9.94. The highest BCUT2D eigenvalue weighted by molar-refractivity contribution is 5.20. The van der Waals surface area contributed by atoms with Gasteiger partial charge >= 0.3 is 0 Å². The van der Waals surface area contributed by atoms with Gasteiger partial charge in [0.15, 0.2) is 0 Å². The molecule has 1 aromatic rings. The monoisotopic (exact) mass is 263 g/mol. The molecule has 1 aromatic carbocycles. The van der Waals surface area contributed by atoms with Gasteiger partial charge in [0, 0.05) is 5.54 Å². The van der Waals surface area contributed by atoms with Crippen LogP contribution in [0, 0.1) is 5.92 Å². The van der Waals surface area contributed by atoms with Gasteiger partial charge in [0.25, 0.3) is 0 Å². The van der Waals surface area contributed by atoms with E-state index >= 15 is 0 Å². The molecule has 0 heterocycles. The molecule has 0 spiro atoms. The van der Waals surface area contributed by atoms with Crippen LogP contribution in [0.2, 0.25) is 0 Å². The second-order valence-corrected chi connectivity index (χ2v) is 5.38. The fourth-order valence-corrected chi connectivity index (χ4v) is 3.25. The molecule has 2 unspecified atom stereocenters. The van der Waals surface area contributed by atoms with Crippen molar-refractivity contribution in [1.29, 1.82) is 0 Å². The molecule has 106 valence electrons. The number of aliphatic hydroxyl groups is 1. The molecule has 0 aromatic heterocycles. The summed E-state index contributed by atoms with van der Waals surface area (Å²) in [5, 5.41) is 13.2. The standard InChI is InChI=1S/C16H25NO2/c1-2-17-16(13-18)11-6-7-14(16)10-12-19-15-8-4-3-5-9-15/h3-5,8-9,14,17-18H,2,6-7,10-13H2,1H3. The number of likely N-dealkylation sites (N-methyl/N-ethyl adjacent to an activating group) is 1. The summed E-state index contributed by atoms with van der Waals surface area (Å²) in [4.78, 5) is 0. The molecule has 1 saturated carbocycles. The molecule has 3 heteroatoms. The van der Waals surface area contributed by atoms with Crippen molar-refractivity contribution in [2.75, 3.05) is 19.8 Å². The summed E-state index contributed by atoms with van der Waals surface area (Å²) in [5.41, 5.74) is -0.0746. The third-order valence-electron chi connectivity index (χ3n) is 4.25. The first-order valence-corrected chi connectivity index (χ1v) is 7.34. The van der Waals surface area contributed by atoms with E-state index in [0.29, 0.717) is 5.92 Å². The Morgan fingerprint density at radius 3 is 2.84 bits per heavy atom. The van der Waals surface area contributed by atoms with Gasteiger partial charge in [-0.15, -0.1) is 0 Å². The van der Waals surface area contributed by atoms with E-state index in [0.717, 1.165) is 31.7 Å². The molecule has 3 nitrogen and oxygen atoms in total. The topological polar surface area (TPSA) is 41.5 Å². The number of rotatable bonds is 7. The van der Waals surface area contributed by atoms with Crippen molar-refractivity contribution < 1.29 is 9.84 Å². The lowest BCUT2D eigenvalue weighted by Gasteiger charge is -2.34. The van der Waals surface area contributed by atoms with Crippen molar-refractivity contribution in [2.45, 2.75) is 38.1 Å². The average Bonchev–Trinajstić information content (AvgIpc) is 2.84. The smallest absolute Gasteiger partial charge is 0.119 e. The number of ether oxygens (including phenoxy) is 1. The number of para-hydroxylation sites is 1. The van der Waals surface area contributed by atoms with Gasteiger partial charge in [-0.3, -0.25) is 0 Å². The molecule has 19 heavy (non-hydrogen) atoms. The van der Waals surface area contributed by atoms with Crippen LogP contribution in [0.5, 0.6) is 5.75 Å². The maximum Gasteiger partial charge on any atom is 0.119 e. The van der Waals surface area contributed by atoms with Crippen LogP contribution >= 0.6 is 0 Å². The highest BCUT2D eigenvalue weighted by Gasteiger charge is 2.41. The first-order chi connectivity index (χ1) is 9.30. The maximum atomic E-state index is 9.73. The number of aliphatic hydroxyl groups excluding tert-OH is 1. The van der Waals surface area contributed by atoms with Crippen LogP contribution in [0.25, 0.3) is 0 Å². The van der Waals surface area contributed by atoms with E-state index in [9.17, 15) is 5.11 Å². The largest absolute Gasteiger partial charge is 0.494 e. The van der Waals surface area contributed by atoms with E-state index in [-0.39, 0.29) is 12.1 Å². The summed E-state index contributed by atoms with van der Waals surface area (Å²) in [5.74, 6) is 1.44. The number of nitrogens with one attached hydrogen (secondary N) is 1. The highest BCUT2D eigenvalue weighted by Crippen LogP contribution is 2.37. The van der Waals surface area contributed by atoms with E-state index < -0.39 is 0 Å². The SMILES string of the molecule is CCNC1(CO)CCCC1CCOc1ccccc1. The van der Waals surface area contributed by atoms with Crippen molar-refractivity contribution in [3.63, 3.8) is 0 Å². The minimum absolute atomic E-state index is 0.0746. The van der Waals surface area contributed by atoms with E-state index in [2.05, 4.69) is 12.2 Å². The van der Waals surface area contributed by atoms with E-state index in [4.69, 9.17) is 4.74 Å². The molecule has 0 radical (unpaired) electrons. The van der Waals surface area contributed by atoms with Crippen molar-refractivity contribution in [1.82, 2.24) is 5.32 Å². The fourth-order valence-electron chi connectivity index (χ4n) is 3.25. The first kappa shape index (κ1) is 14.4. The van der Waals surface area contributed by atoms with Crippen LogP contribution in [-0.2, 0) is 0 Å². The van der Waals surface area contributed by atoms with Crippen molar-refractivity contribution >= 4 is 0 Å². The summed E-state index contributed by atoms with van der Waals surface area (Å²) >= 11 is 0. The minimum Gasteiger partial charge on any atom is -0.494 e. The molecule has 2 atom stereocenters. The average molecular weight is 263 g/mol. The number of hydrogen-bond acceptors (Lipinski definition) is 3. The molecular formula is C16H25NO2. The predicted molar refractivity (Wildman–Crippen MR) is 77.4 cm³/mol. The van der Waals surface area contributed by atoms with Crippen LogP contribution in [0.1, 0.15) is 32.6 Å². The van der Waals surface area contributed by atoms with Crippen LogP contribution in [0.4, 0.5) is 0 Å². The molecule has 2 rings (SSSR count). The highest BCUT2D eigenvalue weighted by atomic mass is 16.5. The lowest BCUT2D eigenvalue weighted by molar-refractivity contribution is 0.111. The summed E-state index contributed by atoms with van der Waals surface area (Å²) in [7, 11) is 0. The molecule has 0 saturated heterocycles. The van der Waals surface area contributed by atoms with Crippen molar-refractivity contribution in [3.8, 4) is 5.75 Å². The van der Waals surface area contributed by atoms with Crippen LogP contribution < -0.4 is 10.1 Å². The Bertz CT molecular complexity index is 368. The molecular weight excluding hydrogens is 238 g/mol. The van der Waals surface area contributed by atoms with Gasteiger partial charge < -0.3 is 15.2 Å². The van der Waals surface area contributed by atoms with Gasteiger partial charge in [-0.2, -0.15) is 0 Å². The van der Waals surface area contributed by atoms with Gasteiger partial charge in [-0.05, 0) is 43.9 Å². The zero-order valence-electron chi connectivity index (χ0n) is 11.8. The Kier molecular flexibility index (Phi) is 5.23. The van der Waals surface area contributed by atoms with E-state index in [1.807, 2.05) is 30.3 Å². The van der Waals surface area contributed by atoms with Gasteiger partial charge in [0.05, 0.1) is 13.2 Å². The molecule has 0 aliphatic heterocycles. The minimum atomic E-state index is -0.0746. The first-order valence-electron chi connectivity index (χ1n) is 7.34. The van der Waals surface area contributed by atoms with Crippen molar-refractivity contribution in [2.24, 2.45) is 5.92 Å².